The largest absolute Gasteiger partial charge is 0.504 e. The van der Waals surface area contributed by atoms with Crippen LogP contribution in [-0.4, -0.2) is 34.5 Å². The first-order chi connectivity index (χ1) is 8.19. The summed E-state index contributed by atoms with van der Waals surface area (Å²) in [7, 11) is 0.779. The number of aromatic hydroxyl groups is 1. The van der Waals surface area contributed by atoms with E-state index in [-0.39, 0.29) is 5.75 Å². The number of hydrogen-bond donors (Lipinski definition) is 2. The van der Waals surface area contributed by atoms with Gasteiger partial charge in [0, 0.05) is 41.0 Å². The molecule has 1 aromatic carbocycles. The zero-order valence-electron chi connectivity index (χ0n) is 10.2. The number of nitrogens with one attached hydrogen (secondary N) is 1. The summed E-state index contributed by atoms with van der Waals surface area (Å²) >= 11 is 0. The molecule has 1 atom stereocenters. The highest BCUT2D eigenvalue weighted by Crippen LogP contribution is 2.28. The van der Waals surface area contributed by atoms with Gasteiger partial charge in [0.1, 0.15) is 0 Å². The number of hydrogen-bond acceptors (Lipinski definition) is 4. The fraction of sp³-hybridized carbons (Fsp3) is 0.500. The fourth-order valence-corrected chi connectivity index (χ4v) is 2.09. The Labute approximate surface area is 104 Å². The Hall–Kier alpha value is -1.07. The van der Waals surface area contributed by atoms with Crippen molar-refractivity contribution in [2.75, 3.05) is 25.2 Å². The molecule has 0 heterocycles. The second kappa shape index (κ2) is 7.29. The maximum atomic E-state index is 11.2. The van der Waals surface area contributed by atoms with Gasteiger partial charge in [0.25, 0.3) is 0 Å². The standard InChI is InChI=1S/C12H19NO3S/c1-3-17(15)8-7-13-9-10-5-4-6-11(16-2)12(10)14/h4-6,13-14H,3,7-9H2,1-2H3. The number of methoxy groups -OCH3 is 1. The molecule has 1 rings (SSSR count). The summed E-state index contributed by atoms with van der Waals surface area (Å²) in [6, 6.07) is 5.38. The number of benzene rings is 1. The lowest BCUT2D eigenvalue weighted by Gasteiger charge is -2.09. The number of rotatable bonds is 7. The molecule has 0 radical (unpaired) electrons. The molecule has 17 heavy (non-hydrogen) atoms. The molecule has 0 aliphatic carbocycles. The maximum Gasteiger partial charge on any atom is 0.162 e. The molecule has 0 bridgehead atoms. The van der Waals surface area contributed by atoms with Gasteiger partial charge in [0.05, 0.1) is 7.11 Å². The molecule has 96 valence electrons. The lowest BCUT2D eigenvalue weighted by Crippen LogP contribution is -2.20. The second-order valence-electron chi connectivity index (χ2n) is 3.58. The van der Waals surface area contributed by atoms with Crippen molar-refractivity contribution in [2.45, 2.75) is 13.5 Å². The Bertz CT molecular complexity index is 382. The van der Waals surface area contributed by atoms with E-state index >= 15 is 0 Å². The van der Waals surface area contributed by atoms with Crippen molar-refractivity contribution in [3.05, 3.63) is 23.8 Å². The molecule has 5 heteroatoms. The van der Waals surface area contributed by atoms with Crippen LogP contribution >= 0.6 is 0 Å². The minimum absolute atomic E-state index is 0.166. The van der Waals surface area contributed by atoms with Crippen LogP contribution in [0, 0.1) is 0 Å². The van der Waals surface area contributed by atoms with Crippen molar-refractivity contribution in [3.63, 3.8) is 0 Å². The number of para-hydroxylation sites is 1. The highest BCUT2D eigenvalue weighted by molar-refractivity contribution is 7.84. The quantitative estimate of drug-likeness (QED) is 0.722. The first kappa shape index (κ1) is 14.0. The summed E-state index contributed by atoms with van der Waals surface area (Å²) in [5, 5.41) is 13.0. The van der Waals surface area contributed by atoms with Crippen LogP contribution in [0.4, 0.5) is 0 Å². The first-order valence-electron chi connectivity index (χ1n) is 5.59. The van der Waals surface area contributed by atoms with Crippen molar-refractivity contribution in [1.29, 1.82) is 0 Å². The smallest absolute Gasteiger partial charge is 0.162 e. The first-order valence-corrected chi connectivity index (χ1v) is 7.08. The zero-order valence-corrected chi connectivity index (χ0v) is 11.0. The predicted molar refractivity (Wildman–Crippen MR) is 69.9 cm³/mol. The summed E-state index contributed by atoms with van der Waals surface area (Å²) in [6.45, 7) is 3.13. The van der Waals surface area contributed by atoms with E-state index in [1.807, 2.05) is 19.1 Å². The highest BCUT2D eigenvalue weighted by atomic mass is 32.2. The van der Waals surface area contributed by atoms with E-state index in [1.54, 1.807) is 6.07 Å². The van der Waals surface area contributed by atoms with Gasteiger partial charge >= 0.3 is 0 Å². The average molecular weight is 257 g/mol. The van der Waals surface area contributed by atoms with E-state index in [0.717, 1.165) is 5.56 Å². The monoisotopic (exact) mass is 257 g/mol. The van der Waals surface area contributed by atoms with Gasteiger partial charge in [0.15, 0.2) is 11.5 Å². The van der Waals surface area contributed by atoms with E-state index in [4.69, 9.17) is 4.74 Å². The number of phenols is 1. The molecule has 0 fully saturated rings. The Morgan fingerprint density at radius 1 is 1.47 bits per heavy atom. The van der Waals surface area contributed by atoms with Crippen LogP contribution < -0.4 is 10.1 Å². The topological polar surface area (TPSA) is 58.6 Å². The third-order valence-electron chi connectivity index (χ3n) is 2.45. The fourth-order valence-electron chi connectivity index (χ4n) is 1.43. The molecule has 1 unspecified atom stereocenters. The Balaban J connectivity index is 2.44. The maximum absolute atomic E-state index is 11.2. The van der Waals surface area contributed by atoms with E-state index < -0.39 is 10.8 Å². The zero-order chi connectivity index (χ0) is 12.7. The Kier molecular flexibility index (Phi) is 6.00. The normalized spacial score (nSPS) is 12.4. The minimum Gasteiger partial charge on any atom is -0.504 e. The van der Waals surface area contributed by atoms with Gasteiger partial charge in [-0.25, -0.2) is 0 Å². The van der Waals surface area contributed by atoms with Crippen molar-refractivity contribution in [3.8, 4) is 11.5 Å². The molecule has 0 aliphatic rings. The van der Waals surface area contributed by atoms with Crippen LogP contribution in [-0.2, 0) is 17.3 Å². The molecule has 0 saturated heterocycles. The van der Waals surface area contributed by atoms with E-state index in [0.29, 0.717) is 30.3 Å². The summed E-state index contributed by atoms with van der Waals surface area (Å²) in [6.07, 6.45) is 0. The summed E-state index contributed by atoms with van der Waals surface area (Å²) in [5.41, 5.74) is 0.784. The molecule has 0 spiro atoms. The molecule has 0 aromatic heterocycles. The summed E-state index contributed by atoms with van der Waals surface area (Å²) in [4.78, 5) is 0. The summed E-state index contributed by atoms with van der Waals surface area (Å²) in [5.74, 6) is 1.97. The van der Waals surface area contributed by atoms with Crippen LogP contribution in [0.2, 0.25) is 0 Å². The van der Waals surface area contributed by atoms with Crippen LogP contribution in [0.3, 0.4) is 0 Å². The highest BCUT2D eigenvalue weighted by Gasteiger charge is 2.06. The number of phenolic OH excluding ortho intramolecular Hbond substituents is 1. The summed E-state index contributed by atoms with van der Waals surface area (Å²) < 4.78 is 16.2. The van der Waals surface area contributed by atoms with Gasteiger partial charge in [-0.1, -0.05) is 19.1 Å². The van der Waals surface area contributed by atoms with Crippen LogP contribution in [0.1, 0.15) is 12.5 Å². The molecule has 0 aliphatic heterocycles. The Morgan fingerprint density at radius 2 is 2.24 bits per heavy atom. The minimum atomic E-state index is -0.746. The van der Waals surface area contributed by atoms with Crippen molar-refractivity contribution in [1.82, 2.24) is 5.32 Å². The van der Waals surface area contributed by atoms with Gasteiger partial charge in [0.2, 0.25) is 0 Å². The van der Waals surface area contributed by atoms with E-state index in [9.17, 15) is 9.32 Å². The van der Waals surface area contributed by atoms with Crippen molar-refractivity contribution in [2.24, 2.45) is 0 Å². The van der Waals surface area contributed by atoms with Gasteiger partial charge in [-0.15, -0.1) is 0 Å². The van der Waals surface area contributed by atoms with Crippen LogP contribution in [0.5, 0.6) is 11.5 Å². The van der Waals surface area contributed by atoms with Gasteiger partial charge in [-0.3, -0.25) is 4.21 Å². The molecule has 1 aromatic rings. The second-order valence-corrected chi connectivity index (χ2v) is 5.44. The van der Waals surface area contributed by atoms with Gasteiger partial charge in [-0.2, -0.15) is 0 Å². The average Bonchev–Trinajstić information content (AvgIpc) is 2.36. The van der Waals surface area contributed by atoms with Crippen LogP contribution in [0.15, 0.2) is 18.2 Å². The third kappa shape index (κ3) is 4.36. The molecular formula is C12H19NO3S. The molecular weight excluding hydrogens is 238 g/mol. The lowest BCUT2D eigenvalue weighted by molar-refractivity contribution is 0.370. The SMILES string of the molecule is CCS(=O)CCNCc1cccc(OC)c1O. The van der Waals surface area contributed by atoms with E-state index in [1.165, 1.54) is 7.11 Å². The molecule has 0 amide bonds. The Morgan fingerprint density at radius 3 is 2.88 bits per heavy atom. The third-order valence-corrected chi connectivity index (χ3v) is 3.75. The van der Waals surface area contributed by atoms with Gasteiger partial charge in [-0.05, 0) is 6.07 Å². The van der Waals surface area contributed by atoms with Gasteiger partial charge < -0.3 is 15.2 Å². The van der Waals surface area contributed by atoms with Crippen molar-refractivity contribution >= 4 is 10.8 Å². The number of ether oxygens (including phenoxy) is 1. The molecule has 2 N–H and O–H groups in total. The van der Waals surface area contributed by atoms with Crippen LogP contribution in [0.25, 0.3) is 0 Å². The molecule has 0 saturated carbocycles. The lowest BCUT2D eigenvalue weighted by atomic mass is 10.2. The van der Waals surface area contributed by atoms with E-state index in [2.05, 4.69) is 5.32 Å². The van der Waals surface area contributed by atoms with Crippen molar-refractivity contribution < 1.29 is 14.1 Å². The molecule has 4 nitrogen and oxygen atoms in total. The predicted octanol–water partition coefficient (Wildman–Crippen LogP) is 1.26.